The number of esters is 2. The van der Waals surface area contributed by atoms with Crippen molar-refractivity contribution in [3.05, 3.63) is 12.2 Å². The summed E-state index contributed by atoms with van der Waals surface area (Å²) in [6.45, 7) is 4.32. The third-order valence-electron chi connectivity index (χ3n) is 10.0. The van der Waals surface area contributed by atoms with E-state index in [-0.39, 0.29) is 25.2 Å². The van der Waals surface area contributed by atoms with Crippen molar-refractivity contribution >= 4 is 11.9 Å². The Bertz CT molecular complexity index is 720. The number of carbonyl (C=O) groups excluding carboxylic acids is 2. The van der Waals surface area contributed by atoms with Crippen LogP contribution in [0.5, 0.6) is 0 Å². The Balaban J connectivity index is 3.36. The number of unbranched alkanes of at least 4 members (excludes halogenated alkanes) is 31. The molecule has 0 unspecified atom stereocenters. The summed E-state index contributed by atoms with van der Waals surface area (Å²) in [7, 11) is 0. The summed E-state index contributed by atoms with van der Waals surface area (Å²) < 4.78 is 10.4. The molecular weight excluding hydrogens is 620 g/mol. The molecule has 5 heteroatoms. The molecule has 0 heterocycles. The van der Waals surface area contributed by atoms with Crippen molar-refractivity contribution in [1.29, 1.82) is 0 Å². The fraction of sp³-hybridized carbons (Fsp3) is 0.911. The van der Waals surface area contributed by atoms with E-state index in [0.29, 0.717) is 12.8 Å². The minimum atomic E-state index is -0.960. The Labute approximate surface area is 311 Å². The van der Waals surface area contributed by atoms with Gasteiger partial charge in [-0.1, -0.05) is 206 Å². The van der Waals surface area contributed by atoms with E-state index >= 15 is 0 Å². The van der Waals surface area contributed by atoms with Gasteiger partial charge < -0.3 is 14.6 Å². The second-order valence-electron chi connectivity index (χ2n) is 15.2. The van der Waals surface area contributed by atoms with Crippen molar-refractivity contribution in [1.82, 2.24) is 0 Å². The van der Waals surface area contributed by atoms with Gasteiger partial charge in [0.1, 0.15) is 19.3 Å². The summed E-state index contributed by atoms with van der Waals surface area (Å²) in [5.41, 5.74) is 0. The van der Waals surface area contributed by atoms with E-state index < -0.39 is 6.10 Å². The first-order valence-electron chi connectivity index (χ1n) is 22.2. The highest BCUT2D eigenvalue weighted by Gasteiger charge is 2.12. The first-order valence-corrected chi connectivity index (χ1v) is 22.2. The molecule has 0 saturated heterocycles. The number of ether oxygens (including phenoxy) is 2. The van der Waals surface area contributed by atoms with Crippen LogP contribution in [0.15, 0.2) is 12.2 Å². The summed E-state index contributed by atoms with van der Waals surface area (Å²) in [5.74, 6) is -0.557. The third kappa shape index (κ3) is 41.1. The summed E-state index contributed by atoms with van der Waals surface area (Å²) in [5, 5.41) is 10.0. The van der Waals surface area contributed by atoms with Crippen molar-refractivity contribution < 1.29 is 24.2 Å². The predicted octanol–water partition coefficient (Wildman–Crippen LogP) is 14.1. The topological polar surface area (TPSA) is 72.8 Å². The van der Waals surface area contributed by atoms with Crippen LogP contribution in [0.4, 0.5) is 0 Å². The molecule has 0 aromatic heterocycles. The smallest absolute Gasteiger partial charge is 0.305 e. The second-order valence-corrected chi connectivity index (χ2v) is 15.2. The molecule has 50 heavy (non-hydrogen) atoms. The van der Waals surface area contributed by atoms with Crippen molar-refractivity contribution in [3.8, 4) is 0 Å². The monoisotopic (exact) mass is 707 g/mol. The van der Waals surface area contributed by atoms with E-state index in [1.807, 2.05) is 0 Å². The number of carbonyl (C=O) groups is 2. The largest absolute Gasteiger partial charge is 0.463 e. The molecule has 296 valence electrons. The molecule has 0 bridgehead atoms. The van der Waals surface area contributed by atoms with Gasteiger partial charge in [0.2, 0.25) is 0 Å². The zero-order valence-electron chi connectivity index (χ0n) is 33.7. The maximum atomic E-state index is 12.0. The molecule has 0 amide bonds. The van der Waals surface area contributed by atoms with Gasteiger partial charge in [-0.15, -0.1) is 0 Å². The van der Waals surface area contributed by atoms with E-state index in [4.69, 9.17) is 9.47 Å². The summed E-state index contributed by atoms with van der Waals surface area (Å²) in [6, 6.07) is 0. The van der Waals surface area contributed by atoms with E-state index in [1.54, 1.807) is 0 Å². The zero-order chi connectivity index (χ0) is 36.4. The molecule has 0 aliphatic carbocycles. The molecular formula is C45H86O5. The maximum absolute atomic E-state index is 12.0. The minimum absolute atomic E-state index is 0.111. The van der Waals surface area contributed by atoms with Gasteiger partial charge in [0.15, 0.2) is 0 Å². The number of aliphatic hydroxyl groups excluding tert-OH is 1. The lowest BCUT2D eigenvalue weighted by atomic mass is 10.0. The van der Waals surface area contributed by atoms with Crippen molar-refractivity contribution in [2.45, 2.75) is 251 Å². The number of allylic oxidation sites excluding steroid dienone is 2. The standard InChI is InChI=1S/C45H86O5/c1-3-5-7-9-11-13-15-17-19-20-21-22-23-24-26-28-30-32-34-36-38-40-45(48)50-42-43(46)41-49-44(47)39-37-35-33-31-29-27-25-18-16-14-12-10-8-6-4-2/h14,16,43,46H,3-13,15,17-42H2,1-2H3/b16-14-/t43-/m0/s1. The molecule has 1 N–H and O–H groups in total. The normalized spacial score (nSPS) is 12.1. The average Bonchev–Trinajstić information content (AvgIpc) is 3.12. The van der Waals surface area contributed by atoms with E-state index in [2.05, 4.69) is 26.0 Å². The molecule has 0 aliphatic heterocycles. The van der Waals surface area contributed by atoms with Gasteiger partial charge in [0.25, 0.3) is 0 Å². The van der Waals surface area contributed by atoms with Crippen LogP contribution < -0.4 is 0 Å². The number of hydrogen-bond donors (Lipinski definition) is 1. The van der Waals surface area contributed by atoms with Crippen LogP contribution >= 0.6 is 0 Å². The van der Waals surface area contributed by atoms with Crippen LogP contribution in [-0.2, 0) is 19.1 Å². The molecule has 0 aromatic rings. The molecule has 0 saturated carbocycles. The fourth-order valence-corrected chi connectivity index (χ4v) is 6.61. The lowest BCUT2D eigenvalue weighted by Gasteiger charge is -2.12. The number of hydrogen-bond acceptors (Lipinski definition) is 5. The number of rotatable bonds is 41. The minimum Gasteiger partial charge on any atom is -0.463 e. The Morgan fingerprint density at radius 2 is 0.640 bits per heavy atom. The van der Waals surface area contributed by atoms with Gasteiger partial charge in [-0.2, -0.15) is 0 Å². The molecule has 5 nitrogen and oxygen atoms in total. The fourth-order valence-electron chi connectivity index (χ4n) is 6.61. The molecule has 0 aliphatic rings. The van der Waals surface area contributed by atoms with Gasteiger partial charge in [0.05, 0.1) is 0 Å². The van der Waals surface area contributed by atoms with Crippen LogP contribution in [0.3, 0.4) is 0 Å². The van der Waals surface area contributed by atoms with E-state index in [0.717, 1.165) is 32.1 Å². The summed E-state index contributed by atoms with van der Waals surface area (Å²) in [4.78, 5) is 24.0. The lowest BCUT2D eigenvalue weighted by Crippen LogP contribution is -2.25. The molecule has 0 aromatic carbocycles. The van der Waals surface area contributed by atoms with Crippen LogP contribution in [0.2, 0.25) is 0 Å². The molecule has 0 fully saturated rings. The quantitative estimate of drug-likeness (QED) is 0.0389. The van der Waals surface area contributed by atoms with Gasteiger partial charge >= 0.3 is 11.9 Å². The van der Waals surface area contributed by atoms with Gasteiger partial charge in [-0.3, -0.25) is 9.59 Å². The molecule has 1 atom stereocenters. The van der Waals surface area contributed by atoms with Crippen LogP contribution in [-0.4, -0.2) is 36.4 Å². The SMILES string of the molecule is CCCCCC/C=C\CCCCCCCCCC(=O)OC[C@H](O)COC(=O)CCCCCCCCCCCCCCCCCCCCCCC. The van der Waals surface area contributed by atoms with Gasteiger partial charge in [0, 0.05) is 12.8 Å². The molecule has 0 radical (unpaired) electrons. The Morgan fingerprint density at radius 1 is 0.400 bits per heavy atom. The highest BCUT2D eigenvalue weighted by molar-refractivity contribution is 5.69. The Hall–Kier alpha value is -1.36. The average molecular weight is 707 g/mol. The first kappa shape index (κ1) is 48.6. The number of aliphatic hydroxyl groups is 1. The first-order chi connectivity index (χ1) is 24.6. The zero-order valence-corrected chi connectivity index (χ0v) is 33.7. The lowest BCUT2D eigenvalue weighted by molar-refractivity contribution is -0.152. The Morgan fingerprint density at radius 3 is 0.940 bits per heavy atom. The van der Waals surface area contributed by atoms with E-state index in [1.165, 1.54) is 186 Å². The van der Waals surface area contributed by atoms with Crippen molar-refractivity contribution in [2.75, 3.05) is 13.2 Å². The summed E-state index contributed by atoms with van der Waals surface area (Å²) in [6.07, 6.45) is 48.5. The van der Waals surface area contributed by atoms with Crippen molar-refractivity contribution in [3.63, 3.8) is 0 Å². The highest BCUT2D eigenvalue weighted by Crippen LogP contribution is 2.16. The molecule has 0 rings (SSSR count). The summed E-state index contributed by atoms with van der Waals surface area (Å²) >= 11 is 0. The molecule has 0 spiro atoms. The predicted molar refractivity (Wildman–Crippen MR) is 215 cm³/mol. The van der Waals surface area contributed by atoms with Gasteiger partial charge in [-0.05, 0) is 38.5 Å². The highest BCUT2D eigenvalue weighted by atomic mass is 16.6. The second kappa shape index (κ2) is 42.1. The Kier molecular flexibility index (Phi) is 40.9. The third-order valence-corrected chi connectivity index (χ3v) is 10.0. The van der Waals surface area contributed by atoms with Crippen LogP contribution in [0.1, 0.15) is 245 Å². The maximum Gasteiger partial charge on any atom is 0.305 e. The van der Waals surface area contributed by atoms with Crippen LogP contribution in [0.25, 0.3) is 0 Å². The van der Waals surface area contributed by atoms with Crippen LogP contribution in [0, 0.1) is 0 Å². The van der Waals surface area contributed by atoms with Gasteiger partial charge in [-0.25, -0.2) is 0 Å². The van der Waals surface area contributed by atoms with Crippen molar-refractivity contribution in [2.24, 2.45) is 0 Å². The van der Waals surface area contributed by atoms with E-state index in [9.17, 15) is 14.7 Å².